The highest BCUT2D eigenvalue weighted by Gasteiger charge is 2.18. The maximum Gasteiger partial charge on any atom is 0.258 e. The molecule has 1 atom stereocenters. The molecule has 0 saturated heterocycles. The van der Waals surface area contributed by atoms with Gasteiger partial charge in [-0.2, -0.15) is 0 Å². The smallest absolute Gasteiger partial charge is 0.258 e. The average Bonchev–Trinajstić information content (AvgIpc) is 3.11. The van der Waals surface area contributed by atoms with Crippen LogP contribution in [0.3, 0.4) is 0 Å². The van der Waals surface area contributed by atoms with Gasteiger partial charge < -0.3 is 15.6 Å². The average molecular weight is 441 g/mol. The minimum Gasteiger partial charge on any atom is -0.379 e. The predicted molar refractivity (Wildman–Crippen MR) is 120 cm³/mol. The molecule has 1 aromatic carbocycles. The Labute approximate surface area is 173 Å². The van der Waals surface area contributed by atoms with E-state index in [1.54, 1.807) is 24.5 Å². The van der Waals surface area contributed by atoms with Gasteiger partial charge in [0.05, 0.1) is 33.2 Å². The first-order chi connectivity index (χ1) is 13.1. The molecular formula is C18H19Cl2N4OPS. The van der Waals surface area contributed by atoms with Crippen molar-refractivity contribution in [3.05, 3.63) is 52.3 Å². The molecule has 0 bridgehead atoms. The van der Waals surface area contributed by atoms with Crippen molar-refractivity contribution < 1.29 is 4.79 Å². The van der Waals surface area contributed by atoms with Gasteiger partial charge in [0.2, 0.25) is 0 Å². The molecule has 0 aliphatic carbocycles. The summed E-state index contributed by atoms with van der Waals surface area (Å²) in [7, 11) is 0.723. The van der Waals surface area contributed by atoms with Gasteiger partial charge in [0.25, 0.3) is 5.91 Å². The summed E-state index contributed by atoms with van der Waals surface area (Å²) in [5, 5.41) is 7.64. The van der Waals surface area contributed by atoms with Gasteiger partial charge in [-0.05, 0) is 44.2 Å². The molecule has 3 aromatic rings. The Balaban J connectivity index is 1.73. The first kappa shape index (κ1) is 20.3. The molecule has 3 rings (SSSR count). The topological polar surface area (TPSA) is 69.8 Å². The number of benzene rings is 1. The molecule has 142 valence electrons. The Morgan fingerprint density at radius 3 is 3.00 bits per heavy atom. The van der Waals surface area contributed by atoms with Crippen LogP contribution in [0.25, 0.3) is 11.0 Å². The summed E-state index contributed by atoms with van der Waals surface area (Å²) >= 11 is 14.6. The van der Waals surface area contributed by atoms with E-state index in [0.29, 0.717) is 21.4 Å². The van der Waals surface area contributed by atoms with Crippen LogP contribution in [-0.4, -0.2) is 27.9 Å². The number of hydrogen-bond acceptors (Lipinski definition) is 4. The fourth-order valence-corrected chi connectivity index (χ4v) is 5.35. The number of hydrogen-bond donors (Lipinski definition) is 3. The first-order valence-corrected chi connectivity index (χ1v) is 12.1. The Kier molecular flexibility index (Phi) is 7.25. The lowest BCUT2D eigenvalue weighted by atomic mass is 10.1. The van der Waals surface area contributed by atoms with Gasteiger partial charge in [-0.1, -0.05) is 30.1 Å². The third kappa shape index (κ3) is 5.08. The number of pyridine rings is 1. The standard InChI is InChI=1S/C18H19Cl2N4OPS/c1-2-7-27-26-10-23-14-4-3-13(19)15(16(14)20)18(25)24-12-8-11-5-6-21-17(11)22-9-12/h3-6,8-9,23,26H,2,7,10H2,1H3,(H,21,22)(H,24,25). The van der Waals surface area contributed by atoms with Gasteiger partial charge in [-0.25, -0.2) is 4.98 Å². The summed E-state index contributed by atoms with van der Waals surface area (Å²) < 4.78 is 0. The fourth-order valence-electron chi connectivity index (χ4n) is 2.46. The van der Waals surface area contributed by atoms with Gasteiger partial charge in [-0.3, -0.25) is 4.79 Å². The van der Waals surface area contributed by atoms with Gasteiger partial charge in [-0.15, -0.1) is 11.4 Å². The molecule has 0 spiro atoms. The number of rotatable bonds is 8. The molecule has 0 saturated carbocycles. The number of nitrogens with zero attached hydrogens (tertiary/aromatic N) is 1. The predicted octanol–water partition coefficient (Wildman–Crippen LogP) is 6.23. The van der Waals surface area contributed by atoms with Crippen molar-refractivity contribution in [2.45, 2.75) is 13.3 Å². The molecule has 27 heavy (non-hydrogen) atoms. The minimum atomic E-state index is -0.367. The van der Waals surface area contributed by atoms with Gasteiger partial charge in [0.15, 0.2) is 0 Å². The molecule has 2 heterocycles. The zero-order valence-electron chi connectivity index (χ0n) is 14.6. The van der Waals surface area contributed by atoms with Crippen molar-refractivity contribution in [2.24, 2.45) is 0 Å². The molecule has 5 nitrogen and oxygen atoms in total. The van der Waals surface area contributed by atoms with Crippen LogP contribution in [0, 0.1) is 0 Å². The third-order valence-electron chi connectivity index (χ3n) is 3.74. The zero-order valence-corrected chi connectivity index (χ0v) is 17.9. The van der Waals surface area contributed by atoms with Crippen LogP contribution in [0.1, 0.15) is 23.7 Å². The van der Waals surface area contributed by atoms with Gasteiger partial charge in [0, 0.05) is 17.9 Å². The van der Waals surface area contributed by atoms with Crippen LogP contribution in [0.2, 0.25) is 10.0 Å². The maximum absolute atomic E-state index is 12.8. The van der Waals surface area contributed by atoms with Crippen LogP contribution in [-0.2, 0) is 0 Å². The summed E-state index contributed by atoms with van der Waals surface area (Å²) in [5.74, 6) is 0.773. The van der Waals surface area contributed by atoms with Crippen molar-refractivity contribution in [1.29, 1.82) is 0 Å². The maximum atomic E-state index is 12.8. The third-order valence-corrected chi connectivity index (χ3v) is 7.24. The number of amides is 1. The second-order valence-electron chi connectivity index (χ2n) is 5.72. The largest absolute Gasteiger partial charge is 0.379 e. The van der Waals surface area contributed by atoms with Crippen molar-refractivity contribution in [1.82, 2.24) is 9.97 Å². The van der Waals surface area contributed by atoms with Crippen LogP contribution in [0.4, 0.5) is 11.4 Å². The number of aromatic nitrogens is 2. The van der Waals surface area contributed by atoms with E-state index in [-0.39, 0.29) is 11.5 Å². The van der Waals surface area contributed by atoms with Crippen LogP contribution in [0.15, 0.2) is 36.7 Å². The van der Waals surface area contributed by atoms with Crippen molar-refractivity contribution in [3.63, 3.8) is 0 Å². The molecule has 0 radical (unpaired) electrons. The lowest BCUT2D eigenvalue weighted by Gasteiger charge is -2.13. The van der Waals surface area contributed by atoms with Crippen LogP contribution >= 0.6 is 42.4 Å². The van der Waals surface area contributed by atoms with E-state index in [0.717, 1.165) is 37.3 Å². The molecule has 0 fully saturated rings. The molecular weight excluding hydrogens is 422 g/mol. The number of anilines is 2. The monoisotopic (exact) mass is 440 g/mol. The molecule has 9 heteroatoms. The van der Waals surface area contributed by atoms with Crippen molar-refractivity contribution >= 4 is 70.7 Å². The Morgan fingerprint density at radius 1 is 1.33 bits per heavy atom. The molecule has 1 unspecified atom stereocenters. The van der Waals surface area contributed by atoms with E-state index in [2.05, 4.69) is 27.5 Å². The molecule has 2 aromatic heterocycles. The highest BCUT2D eigenvalue weighted by Crippen LogP contribution is 2.35. The number of aromatic amines is 1. The minimum absolute atomic E-state index is 0.252. The van der Waals surface area contributed by atoms with Crippen LogP contribution < -0.4 is 10.6 Å². The summed E-state index contributed by atoms with van der Waals surface area (Å²) in [5.41, 5.74) is 2.30. The second-order valence-corrected chi connectivity index (χ2v) is 9.58. The Hall–Kier alpha value is -1.46. The lowest BCUT2D eigenvalue weighted by molar-refractivity contribution is 0.102. The zero-order chi connectivity index (χ0) is 19.2. The van der Waals surface area contributed by atoms with Crippen molar-refractivity contribution in [2.75, 3.05) is 22.7 Å². The normalized spacial score (nSPS) is 11.4. The lowest BCUT2D eigenvalue weighted by Crippen LogP contribution is -2.14. The van der Waals surface area contributed by atoms with E-state index in [1.807, 2.05) is 23.5 Å². The first-order valence-electron chi connectivity index (χ1n) is 8.41. The number of fused-ring (bicyclic) bond motifs is 1. The number of nitrogens with one attached hydrogen (secondary N) is 3. The Bertz CT molecular complexity index is 950. The van der Waals surface area contributed by atoms with Crippen LogP contribution in [0.5, 0.6) is 0 Å². The molecule has 0 aliphatic rings. The highest BCUT2D eigenvalue weighted by molar-refractivity contribution is 8.49. The fraction of sp³-hybridized carbons (Fsp3) is 0.222. The van der Waals surface area contributed by atoms with E-state index in [4.69, 9.17) is 23.2 Å². The number of carbonyl (C=O) groups excluding carboxylic acids is 1. The quantitative estimate of drug-likeness (QED) is 0.286. The highest BCUT2D eigenvalue weighted by atomic mass is 35.5. The SMILES string of the molecule is CCCSPCNc1ccc(Cl)c(C(=O)Nc2cnc3[nH]ccc3c2)c1Cl. The summed E-state index contributed by atoms with van der Waals surface area (Å²) in [4.78, 5) is 20.0. The van der Waals surface area contributed by atoms with Gasteiger partial charge >= 0.3 is 0 Å². The van der Waals surface area contributed by atoms with E-state index >= 15 is 0 Å². The van der Waals surface area contributed by atoms with Gasteiger partial charge in [0.1, 0.15) is 5.65 Å². The summed E-state index contributed by atoms with van der Waals surface area (Å²) in [6.45, 7) is 2.16. The summed E-state index contributed by atoms with van der Waals surface area (Å²) in [6.07, 6.45) is 5.34. The number of H-pyrrole nitrogens is 1. The second kappa shape index (κ2) is 9.65. The van der Waals surface area contributed by atoms with E-state index in [1.165, 1.54) is 0 Å². The van der Waals surface area contributed by atoms with E-state index < -0.39 is 0 Å². The van der Waals surface area contributed by atoms with Crippen molar-refractivity contribution in [3.8, 4) is 0 Å². The number of carbonyl (C=O) groups is 1. The van der Waals surface area contributed by atoms with E-state index in [9.17, 15) is 4.79 Å². The number of halogens is 2. The molecule has 1 amide bonds. The molecule has 3 N–H and O–H groups in total. The molecule has 0 aliphatic heterocycles. The summed E-state index contributed by atoms with van der Waals surface area (Å²) in [6, 6.07) is 7.21. The Morgan fingerprint density at radius 2 is 2.19 bits per heavy atom.